The normalized spacial score (nSPS) is 18.9. The van der Waals surface area contributed by atoms with Gasteiger partial charge in [0.15, 0.2) is 0 Å². The first kappa shape index (κ1) is 21.7. The number of nitrogens with zero attached hydrogens (tertiary/aromatic N) is 3. The predicted molar refractivity (Wildman–Crippen MR) is 132 cm³/mol. The first-order chi connectivity index (χ1) is 17.5. The van der Waals surface area contributed by atoms with Crippen molar-refractivity contribution >= 4 is 17.3 Å². The van der Waals surface area contributed by atoms with Gasteiger partial charge in [-0.2, -0.15) is 10.2 Å². The quantitative estimate of drug-likeness (QED) is 0.209. The molecule has 1 spiro atoms. The van der Waals surface area contributed by atoms with Crippen molar-refractivity contribution in [3.05, 3.63) is 147 Å². The van der Waals surface area contributed by atoms with Crippen LogP contribution in [0.4, 0.5) is 5.69 Å². The van der Waals surface area contributed by atoms with Crippen LogP contribution in [0.1, 0.15) is 43.3 Å². The Labute approximate surface area is 206 Å². The highest BCUT2D eigenvalue weighted by molar-refractivity contribution is 6.34. The highest BCUT2D eigenvalue weighted by Crippen LogP contribution is 2.60. The lowest BCUT2D eigenvalue weighted by molar-refractivity contribution is -0.384. The maximum atomic E-state index is 14.1. The van der Waals surface area contributed by atoms with E-state index in [1.54, 1.807) is 36.4 Å². The number of hydrogen-bond donors (Lipinski definition) is 0. The van der Waals surface area contributed by atoms with Crippen molar-refractivity contribution in [3.63, 3.8) is 0 Å². The van der Waals surface area contributed by atoms with Crippen LogP contribution in [-0.2, 0) is 5.54 Å². The Balaban J connectivity index is 1.68. The number of ketones is 2. The van der Waals surface area contributed by atoms with E-state index in [1.807, 2.05) is 60.7 Å². The van der Waals surface area contributed by atoms with E-state index in [1.165, 1.54) is 12.1 Å². The maximum Gasteiger partial charge on any atom is 0.269 e. The summed E-state index contributed by atoms with van der Waals surface area (Å²) in [6.45, 7) is 0. The maximum absolute atomic E-state index is 14.1. The minimum absolute atomic E-state index is 0.0861. The summed E-state index contributed by atoms with van der Waals surface area (Å²) in [6, 6.07) is 31.6. The molecule has 1 unspecified atom stereocenters. The van der Waals surface area contributed by atoms with Crippen LogP contribution < -0.4 is 0 Å². The van der Waals surface area contributed by atoms with Gasteiger partial charge in [-0.3, -0.25) is 19.7 Å². The van der Waals surface area contributed by atoms with Crippen LogP contribution in [0, 0.1) is 10.1 Å². The lowest BCUT2D eigenvalue weighted by Gasteiger charge is -2.38. The molecule has 0 aromatic heterocycles. The van der Waals surface area contributed by atoms with Crippen molar-refractivity contribution in [3.8, 4) is 0 Å². The van der Waals surface area contributed by atoms with E-state index in [4.69, 9.17) is 5.11 Å². The zero-order valence-corrected chi connectivity index (χ0v) is 18.9. The third-order valence-corrected chi connectivity index (χ3v) is 7.17. The summed E-state index contributed by atoms with van der Waals surface area (Å²) < 4.78 is 0. The minimum atomic E-state index is -1.83. The smallest absolute Gasteiger partial charge is 0.269 e. The summed E-state index contributed by atoms with van der Waals surface area (Å²) >= 11 is 0. The third-order valence-electron chi connectivity index (χ3n) is 7.17. The molecule has 4 aromatic carbocycles. The lowest BCUT2D eigenvalue weighted by atomic mass is 9.62. The summed E-state index contributed by atoms with van der Waals surface area (Å²) in [4.78, 5) is 39.0. The van der Waals surface area contributed by atoms with Crippen LogP contribution in [0.3, 0.4) is 0 Å². The Kier molecular flexibility index (Phi) is 4.76. The summed E-state index contributed by atoms with van der Waals surface area (Å²) in [5, 5.41) is 20.7. The van der Waals surface area contributed by atoms with E-state index in [2.05, 4.69) is 5.11 Å². The number of hydrogen-bond acceptors (Lipinski definition) is 6. The van der Waals surface area contributed by atoms with Gasteiger partial charge >= 0.3 is 0 Å². The fourth-order valence-corrected chi connectivity index (χ4v) is 5.59. The SMILES string of the molecule is O=C1c2ccccc2C(=O)C12N=NC(c1ccccc1)(c1ccccc1)C2c1ccc([N+](=O)[O-])cc1. The van der Waals surface area contributed by atoms with Gasteiger partial charge in [-0.1, -0.05) is 97.1 Å². The molecule has 0 saturated carbocycles. The van der Waals surface area contributed by atoms with Crippen LogP contribution in [0.5, 0.6) is 0 Å². The zero-order chi connectivity index (χ0) is 24.9. The second kappa shape index (κ2) is 7.88. The number of Topliss-reactive ketones (excluding diaryl/α,β-unsaturated/α-hetero) is 2. The fourth-order valence-electron chi connectivity index (χ4n) is 5.59. The zero-order valence-electron chi connectivity index (χ0n) is 18.9. The number of non-ortho nitro benzene ring substituents is 1. The van der Waals surface area contributed by atoms with Gasteiger partial charge in [0.05, 0.1) is 10.8 Å². The molecule has 0 radical (unpaired) electrons. The van der Waals surface area contributed by atoms with Crippen LogP contribution in [0.25, 0.3) is 0 Å². The molecule has 0 amide bonds. The molecule has 2 aliphatic rings. The Morgan fingerprint density at radius 2 is 1.06 bits per heavy atom. The summed E-state index contributed by atoms with van der Waals surface area (Å²) in [5.74, 6) is -1.70. The van der Waals surface area contributed by atoms with Crippen molar-refractivity contribution < 1.29 is 14.5 Å². The Morgan fingerprint density at radius 3 is 1.53 bits per heavy atom. The molecule has 1 atom stereocenters. The van der Waals surface area contributed by atoms with Gasteiger partial charge < -0.3 is 0 Å². The number of nitro groups is 1. The number of azo groups is 1. The predicted octanol–water partition coefficient (Wildman–Crippen LogP) is 5.91. The van der Waals surface area contributed by atoms with Crippen LogP contribution in [0.15, 0.2) is 119 Å². The van der Waals surface area contributed by atoms with E-state index in [-0.39, 0.29) is 5.69 Å². The number of fused-ring (bicyclic) bond motifs is 1. The van der Waals surface area contributed by atoms with Gasteiger partial charge in [0, 0.05) is 23.3 Å². The van der Waals surface area contributed by atoms with Gasteiger partial charge in [0.25, 0.3) is 5.69 Å². The number of carbonyl (C=O) groups is 2. The molecule has 1 aliphatic carbocycles. The molecule has 0 saturated heterocycles. The second-order valence-corrected chi connectivity index (χ2v) is 8.95. The molecule has 0 N–H and O–H groups in total. The standard InChI is InChI=1S/C29H19N3O4/c33-26-23-13-7-8-14-24(23)27(34)29(26)25(19-15-17-22(18-16-19)32(35)36)28(30-31-29,20-9-3-1-4-10-20)21-11-5-2-6-12-21/h1-18,25H. The molecule has 1 heterocycles. The fraction of sp³-hybridized carbons (Fsp3) is 0.103. The van der Waals surface area contributed by atoms with Gasteiger partial charge in [0.1, 0.15) is 5.54 Å². The largest absolute Gasteiger partial charge is 0.291 e. The molecule has 0 fully saturated rings. The third kappa shape index (κ3) is 2.80. The van der Waals surface area contributed by atoms with E-state index >= 15 is 0 Å². The Morgan fingerprint density at radius 1 is 0.611 bits per heavy atom. The monoisotopic (exact) mass is 473 g/mol. The topological polar surface area (TPSA) is 102 Å². The highest BCUT2D eigenvalue weighted by Gasteiger charge is 2.69. The van der Waals surface area contributed by atoms with Gasteiger partial charge in [-0.25, -0.2) is 0 Å². The summed E-state index contributed by atoms with van der Waals surface area (Å²) in [7, 11) is 0. The highest BCUT2D eigenvalue weighted by atomic mass is 16.6. The van der Waals surface area contributed by atoms with Crippen molar-refractivity contribution in [2.45, 2.75) is 17.0 Å². The number of nitro benzene ring substituents is 1. The van der Waals surface area contributed by atoms with Crippen LogP contribution in [-0.4, -0.2) is 22.0 Å². The summed E-state index contributed by atoms with van der Waals surface area (Å²) in [6.07, 6.45) is 0. The van der Waals surface area contributed by atoms with Gasteiger partial charge in [0.2, 0.25) is 17.1 Å². The average Bonchev–Trinajstić information content (AvgIpc) is 3.40. The van der Waals surface area contributed by atoms with Crippen LogP contribution in [0.2, 0.25) is 0 Å². The van der Waals surface area contributed by atoms with Crippen molar-refractivity contribution in [1.29, 1.82) is 0 Å². The average molecular weight is 473 g/mol. The molecule has 7 nitrogen and oxygen atoms in total. The van der Waals surface area contributed by atoms with Crippen molar-refractivity contribution in [2.24, 2.45) is 10.2 Å². The number of carbonyl (C=O) groups excluding carboxylic acids is 2. The molecule has 174 valence electrons. The number of benzene rings is 4. The minimum Gasteiger partial charge on any atom is -0.291 e. The molecule has 6 rings (SSSR count). The number of rotatable bonds is 4. The molecule has 36 heavy (non-hydrogen) atoms. The molecular formula is C29H19N3O4. The Bertz CT molecular complexity index is 1470. The van der Waals surface area contributed by atoms with Crippen molar-refractivity contribution in [1.82, 2.24) is 0 Å². The van der Waals surface area contributed by atoms with E-state index in [0.717, 1.165) is 11.1 Å². The van der Waals surface area contributed by atoms with Crippen molar-refractivity contribution in [2.75, 3.05) is 0 Å². The molecule has 4 aromatic rings. The van der Waals surface area contributed by atoms with E-state index < -0.39 is 33.5 Å². The van der Waals surface area contributed by atoms with E-state index in [9.17, 15) is 19.7 Å². The van der Waals surface area contributed by atoms with Crippen LogP contribution >= 0.6 is 0 Å². The molecule has 1 aliphatic heterocycles. The van der Waals surface area contributed by atoms with E-state index in [0.29, 0.717) is 16.7 Å². The summed E-state index contributed by atoms with van der Waals surface area (Å²) in [5.41, 5.74) is -0.425. The molecule has 7 heteroatoms. The second-order valence-electron chi connectivity index (χ2n) is 8.95. The lowest BCUT2D eigenvalue weighted by Crippen LogP contribution is -2.49. The molecule has 0 bridgehead atoms. The first-order valence-electron chi connectivity index (χ1n) is 11.5. The first-order valence-corrected chi connectivity index (χ1v) is 11.5. The van der Waals surface area contributed by atoms with Gasteiger partial charge in [-0.05, 0) is 16.7 Å². The Hall–Kier alpha value is -4.78. The molecular weight excluding hydrogens is 454 g/mol. The van der Waals surface area contributed by atoms with Gasteiger partial charge in [-0.15, -0.1) is 0 Å².